The Morgan fingerprint density at radius 1 is 1.13 bits per heavy atom. The molecule has 2 aliphatic heterocycles. The van der Waals surface area contributed by atoms with E-state index in [1.807, 2.05) is 0 Å². The van der Waals surface area contributed by atoms with Crippen LogP contribution < -0.4 is 11.5 Å². The summed E-state index contributed by atoms with van der Waals surface area (Å²) in [6.07, 6.45) is -2.04. The van der Waals surface area contributed by atoms with Crippen molar-refractivity contribution >= 4 is 29.7 Å². The molecule has 2 rings (SSSR count). The Morgan fingerprint density at radius 3 is 2.23 bits per heavy atom. The molecule has 12 heteroatoms. The van der Waals surface area contributed by atoms with Gasteiger partial charge >= 0.3 is 6.09 Å². The van der Waals surface area contributed by atoms with E-state index < -0.39 is 41.1 Å². The van der Waals surface area contributed by atoms with Crippen LogP contribution in [0.25, 0.3) is 0 Å². The van der Waals surface area contributed by atoms with Gasteiger partial charge in [-0.05, 0) is 27.2 Å². The van der Waals surface area contributed by atoms with Crippen LogP contribution in [0.3, 0.4) is 0 Å². The second-order valence-electron chi connectivity index (χ2n) is 8.45. The summed E-state index contributed by atoms with van der Waals surface area (Å²) in [5.74, 6) is -2.41. The van der Waals surface area contributed by atoms with E-state index in [2.05, 4.69) is 0 Å². The summed E-state index contributed by atoms with van der Waals surface area (Å²) in [6.45, 7) is 6.75. The first-order valence-electron chi connectivity index (χ1n) is 9.59. The van der Waals surface area contributed by atoms with Crippen molar-refractivity contribution in [1.29, 1.82) is 0 Å². The highest BCUT2D eigenvalue weighted by molar-refractivity contribution is 5.97. The summed E-state index contributed by atoms with van der Waals surface area (Å²) in [5, 5.41) is 0.922. The molecule has 0 bridgehead atoms. The van der Waals surface area contributed by atoms with Gasteiger partial charge in [-0.2, -0.15) is 0 Å². The fourth-order valence-electron chi connectivity index (χ4n) is 3.45. The van der Waals surface area contributed by atoms with Gasteiger partial charge in [0.15, 0.2) is 11.6 Å². The number of piperazine rings is 1. The first-order valence-corrected chi connectivity index (χ1v) is 9.59. The van der Waals surface area contributed by atoms with Crippen molar-refractivity contribution in [2.75, 3.05) is 26.2 Å². The van der Waals surface area contributed by atoms with E-state index in [-0.39, 0.29) is 44.9 Å². The lowest BCUT2D eigenvalue weighted by Gasteiger charge is -2.57. The largest absolute Gasteiger partial charge is 0.444 e. The highest BCUT2D eigenvalue weighted by Crippen LogP contribution is 2.35. The maximum Gasteiger partial charge on any atom is 0.410 e. The molecular formula is C18H29N5O7. The van der Waals surface area contributed by atoms with E-state index in [1.54, 1.807) is 20.8 Å². The molecular weight excluding hydrogens is 398 g/mol. The molecule has 0 radical (unpaired) electrons. The van der Waals surface area contributed by atoms with E-state index in [9.17, 15) is 24.0 Å². The first kappa shape index (κ1) is 23.4. The Bertz CT molecular complexity index is 750. The molecule has 1 spiro atoms. The molecule has 2 fully saturated rings. The van der Waals surface area contributed by atoms with Crippen LogP contribution in [0.1, 0.15) is 40.5 Å². The maximum absolute atomic E-state index is 13.0. The van der Waals surface area contributed by atoms with Gasteiger partial charge in [0.2, 0.25) is 17.7 Å². The van der Waals surface area contributed by atoms with E-state index in [0.29, 0.717) is 0 Å². The Balaban J connectivity index is 2.13. The van der Waals surface area contributed by atoms with Crippen LogP contribution >= 0.6 is 0 Å². The number of primary amides is 2. The molecule has 2 unspecified atom stereocenters. The van der Waals surface area contributed by atoms with Gasteiger partial charge in [-0.3, -0.25) is 24.0 Å². The molecule has 2 heterocycles. The molecule has 4 N–H and O–H groups in total. The minimum atomic E-state index is -1.31. The Morgan fingerprint density at radius 2 is 1.77 bits per heavy atom. The SMILES string of the molecule is CC(=O)N1CCN(C(=O)OC(C)(C)C)CC12CN(OC(CCC(N)=O)C(N)=O)C2=O. The molecule has 2 saturated heterocycles. The van der Waals surface area contributed by atoms with Crippen LogP contribution in [0.4, 0.5) is 4.79 Å². The molecule has 12 nitrogen and oxygen atoms in total. The molecule has 0 aromatic heterocycles. The summed E-state index contributed by atoms with van der Waals surface area (Å²) in [5.41, 5.74) is 8.32. The van der Waals surface area contributed by atoms with Gasteiger partial charge in [0.25, 0.3) is 5.91 Å². The van der Waals surface area contributed by atoms with Crippen LogP contribution in [-0.4, -0.2) is 88.0 Å². The average Bonchev–Trinajstić information content (AvgIpc) is 2.61. The maximum atomic E-state index is 13.0. The second kappa shape index (κ2) is 8.46. The highest BCUT2D eigenvalue weighted by atomic mass is 16.7. The number of carbonyl (C=O) groups is 5. The summed E-state index contributed by atoms with van der Waals surface area (Å²) in [6, 6.07) is 0. The van der Waals surface area contributed by atoms with Crippen LogP contribution in [-0.2, 0) is 28.8 Å². The molecule has 2 atom stereocenters. The van der Waals surface area contributed by atoms with Crippen LogP contribution in [0, 0.1) is 0 Å². The second-order valence-corrected chi connectivity index (χ2v) is 8.45. The number of carbonyl (C=O) groups excluding carboxylic acids is 5. The van der Waals surface area contributed by atoms with Crippen LogP contribution in [0.5, 0.6) is 0 Å². The average molecular weight is 427 g/mol. The summed E-state index contributed by atoms with van der Waals surface area (Å²) in [7, 11) is 0. The van der Waals surface area contributed by atoms with E-state index >= 15 is 0 Å². The molecule has 0 aliphatic carbocycles. The van der Waals surface area contributed by atoms with Crippen molar-refractivity contribution in [2.45, 2.75) is 57.8 Å². The molecule has 0 aromatic rings. The number of ether oxygens (including phenoxy) is 1. The van der Waals surface area contributed by atoms with Gasteiger partial charge in [-0.15, -0.1) is 0 Å². The number of nitrogens with two attached hydrogens (primary N) is 2. The highest BCUT2D eigenvalue weighted by Gasteiger charge is 2.61. The third kappa shape index (κ3) is 4.99. The standard InChI is InChI=1S/C18H29N5O7/c1-11(24)22-8-7-21(16(28)29-17(2,3)4)9-18(22)10-23(15(18)27)30-12(14(20)26)5-6-13(19)25/h12H,5-10H2,1-4H3,(H2,19,25)(H2,20,26). The zero-order valence-electron chi connectivity index (χ0n) is 17.7. The fourth-order valence-corrected chi connectivity index (χ4v) is 3.45. The zero-order chi connectivity index (χ0) is 22.9. The minimum Gasteiger partial charge on any atom is -0.444 e. The summed E-state index contributed by atoms with van der Waals surface area (Å²) < 4.78 is 5.37. The van der Waals surface area contributed by atoms with Gasteiger partial charge in [-0.25, -0.2) is 9.86 Å². The minimum absolute atomic E-state index is 0.0644. The molecule has 2 aliphatic rings. The molecule has 30 heavy (non-hydrogen) atoms. The molecule has 5 amide bonds. The lowest BCUT2D eigenvalue weighted by Crippen LogP contribution is -2.81. The number of hydroxylamine groups is 2. The lowest BCUT2D eigenvalue weighted by atomic mass is 9.85. The van der Waals surface area contributed by atoms with E-state index in [1.165, 1.54) is 16.7 Å². The number of nitrogens with zero attached hydrogens (tertiary/aromatic N) is 3. The number of β-lactam (4-membered cyclic amide) rings is 1. The third-order valence-electron chi connectivity index (χ3n) is 4.85. The molecule has 168 valence electrons. The van der Waals surface area contributed by atoms with Crippen molar-refractivity contribution in [1.82, 2.24) is 14.9 Å². The lowest BCUT2D eigenvalue weighted by molar-refractivity contribution is -0.258. The van der Waals surface area contributed by atoms with Gasteiger partial charge in [0, 0.05) is 26.4 Å². The quantitative estimate of drug-likeness (QED) is 0.498. The van der Waals surface area contributed by atoms with Gasteiger partial charge < -0.3 is 26.0 Å². The Hall–Kier alpha value is -2.89. The predicted molar refractivity (Wildman–Crippen MR) is 102 cm³/mol. The summed E-state index contributed by atoms with van der Waals surface area (Å²) in [4.78, 5) is 68.2. The van der Waals surface area contributed by atoms with Crippen LogP contribution in [0.2, 0.25) is 0 Å². The zero-order valence-corrected chi connectivity index (χ0v) is 17.7. The van der Waals surface area contributed by atoms with Gasteiger partial charge in [0.1, 0.15) is 5.60 Å². The van der Waals surface area contributed by atoms with Crippen molar-refractivity contribution in [3.8, 4) is 0 Å². The van der Waals surface area contributed by atoms with Crippen molar-refractivity contribution < 1.29 is 33.5 Å². The fraction of sp³-hybridized carbons (Fsp3) is 0.722. The van der Waals surface area contributed by atoms with Crippen molar-refractivity contribution in [2.24, 2.45) is 11.5 Å². The molecule has 0 saturated carbocycles. The smallest absolute Gasteiger partial charge is 0.410 e. The van der Waals surface area contributed by atoms with E-state index in [0.717, 1.165) is 5.06 Å². The Labute approximate surface area is 174 Å². The number of rotatable bonds is 6. The van der Waals surface area contributed by atoms with Gasteiger partial charge in [0.05, 0.1) is 13.1 Å². The third-order valence-corrected chi connectivity index (χ3v) is 4.85. The van der Waals surface area contributed by atoms with Crippen molar-refractivity contribution in [3.05, 3.63) is 0 Å². The number of amides is 5. The number of hydrogen-bond acceptors (Lipinski definition) is 7. The topological polar surface area (TPSA) is 166 Å². The molecule has 0 aromatic carbocycles. The number of hydrogen-bond donors (Lipinski definition) is 2. The van der Waals surface area contributed by atoms with Crippen molar-refractivity contribution in [3.63, 3.8) is 0 Å². The van der Waals surface area contributed by atoms with Gasteiger partial charge in [-0.1, -0.05) is 0 Å². The predicted octanol–water partition coefficient (Wildman–Crippen LogP) is -1.28. The normalized spacial score (nSPS) is 22.5. The first-order chi connectivity index (χ1) is 13.8. The van der Waals surface area contributed by atoms with Crippen LogP contribution in [0.15, 0.2) is 0 Å². The van der Waals surface area contributed by atoms with E-state index in [4.69, 9.17) is 21.0 Å². The Kier molecular flexibility index (Phi) is 6.60. The summed E-state index contributed by atoms with van der Waals surface area (Å²) >= 11 is 0. The monoisotopic (exact) mass is 427 g/mol.